The molecule has 0 amide bonds. The SMILES string of the molecule is Cc1cc([C@H]2[C@H](c3ccccn3)NC(=S)N2CCCN(C)C)c(C)n1-c1cccc(Cl)c1Cl. The van der Waals surface area contributed by atoms with Crippen LogP contribution in [0, 0.1) is 13.8 Å². The standard InChI is InChI=1S/C25H29Cl2N5S/c1-16-15-18(17(2)32(16)21-11-7-9-19(26)22(21)27)24-23(20-10-5-6-12-28-20)29-25(33)31(24)14-8-13-30(3)4/h5-7,9-12,15,23-24H,8,13-14H2,1-4H3,(H,29,33)/t23-,24-/m0/s1. The van der Waals surface area contributed by atoms with Crippen molar-refractivity contribution in [2.75, 3.05) is 27.2 Å². The van der Waals surface area contributed by atoms with Crippen LogP contribution in [0.25, 0.3) is 5.69 Å². The van der Waals surface area contributed by atoms with Crippen LogP contribution in [-0.2, 0) is 0 Å². The summed E-state index contributed by atoms with van der Waals surface area (Å²) >= 11 is 18.8. The second-order valence-electron chi connectivity index (χ2n) is 8.71. The fraction of sp³-hybridized carbons (Fsp3) is 0.360. The second-order valence-corrected chi connectivity index (χ2v) is 9.88. The van der Waals surface area contributed by atoms with Gasteiger partial charge in [0.2, 0.25) is 0 Å². The molecule has 5 nitrogen and oxygen atoms in total. The molecule has 0 spiro atoms. The van der Waals surface area contributed by atoms with Crippen molar-refractivity contribution in [3.63, 3.8) is 0 Å². The van der Waals surface area contributed by atoms with Crippen LogP contribution in [0.15, 0.2) is 48.7 Å². The van der Waals surface area contributed by atoms with E-state index in [4.69, 9.17) is 35.4 Å². The molecular weight excluding hydrogens is 473 g/mol. The van der Waals surface area contributed by atoms with Crippen LogP contribution >= 0.6 is 35.4 Å². The molecule has 2 aromatic heterocycles. The van der Waals surface area contributed by atoms with Gasteiger partial charge in [-0.3, -0.25) is 4.98 Å². The van der Waals surface area contributed by atoms with E-state index in [0.29, 0.717) is 10.0 Å². The topological polar surface area (TPSA) is 36.3 Å². The maximum absolute atomic E-state index is 6.60. The van der Waals surface area contributed by atoms with Gasteiger partial charge in [-0.05, 0) is 89.0 Å². The maximum Gasteiger partial charge on any atom is 0.170 e. The quantitative estimate of drug-likeness (QED) is 0.419. The van der Waals surface area contributed by atoms with Gasteiger partial charge in [0, 0.05) is 24.1 Å². The van der Waals surface area contributed by atoms with E-state index in [2.05, 4.69) is 64.7 Å². The minimum atomic E-state index is -0.0400. The van der Waals surface area contributed by atoms with Crippen LogP contribution < -0.4 is 5.32 Å². The van der Waals surface area contributed by atoms with Gasteiger partial charge in [-0.15, -0.1) is 0 Å². The number of aromatic nitrogens is 2. The Kier molecular flexibility index (Phi) is 7.29. The predicted octanol–water partition coefficient (Wildman–Crippen LogP) is 5.72. The highest BCUT2D eigenvalue weighted by Crippen LogP contribution is 2.42. The Bertz CT molecular complexity index is 1150. The monoisotopic (exact) mass is 501 g/mol. The molecule has 1 fully saturated rings. The molecule has 1 N–H and O–H groups in total. The van der Waals surface area contributed by atoms with Crippen molar-refractivity contribution >= 4 is 40.5 Å². The predicted molar refractivity (Wildman–Crippen MR) is 141 cm³/mol. The van der Waals surface area contributed by atoms with Gasteiger partial charge in [0.05, 0.1) is 33.5 Å². The fourth-order valence-corrected chi connectivity index (χ4v) is 5.38. The summed E-state index contributed by atoms with van der Waals surface area (Å²) in [5.74, 6) is 0. The van der Waals surface area contributed by atoms with Gasteiger partial charge >= 0.3 is 0 Å². The lowest BCUT2D eigenvalue weighted by molar-refractivity contribution is 0.292. The average Bonchev–Trinajstić information content (AvgIpc) is 3.26. The summed E-state index contributed by atoms with van der Waals surface area (Å²) < 4.78 is 2.18. The minimum absolute atomic E-state index is 0.0208. The number of nitrogens with one attached hydrogen (secondary N) is 1. The lowest BCUT2D eigenvalue weighted by Gasteiger charge is -2.28. The Morgan fingerprint density at radius 3 is 2.61 bits per heavy atom. The van der Waals surface area contributed by atoms with Crippen molar-refractivity contribution in [2.45, 2.75) is 32.4 Å². The number of benzene rings is 1. The number of aryl methyl sites for hydroxylation is 1. The fourth-order valence-electron chi connectivity index (χ4n) is 4.66. The Balaban J connectivity index is 1.80. The zero-order valence-corrected chi connectivity index (χ0v) is 21.7. The highest BCUT2D eigenvalue weighted by molar-refractivity contribution is 7.80. The largest absolute Gasteiger partial charge is 0.352 e. The Morgan fingerprint density at radius 2 is 1.91 bits per heavy atom. The Morgan fingerprint density at radius 1 is 1.12 bits per heavy atom. The van der Waals surface area contributed by atoms with E-state index < -0.39 is 0 Å². The van der Waals surface area contributed by atoms with Gasteiger partial charge in [0.1, 0.15) is 0 Å². The van der Waals surface area contributed by atoms with Crippen molar-refractivity contribution in [1.82, 2.24) is 24.7 Å². The molecule has 0 bridgehead atoms. The highest BCUT2D eigenvalue weighted by atomic mass is 35.5. The van der Waals surface area contributed by atoms with Crippen LogP contribution in [0.2, 0.25) is 10.0 Å². The molecule has 1 aromatic carbocycles. The maximum atomic E-state index is 6.60. The summed E-state index contributed by atoms with van der Waals surface area (Å²) in [4.78, 5) is 9.16. The molecule has 0 radical (unpaired) electrons. The lowest BCUT2D eigenvalue weighted by atomic mass is 9.96. The first-order valence-electron chi connectivity index (χ1n) is 11.1. The number of halogens is 2. The summed E-state index contributed by atoms with van der Waals surface area (Å²) in [6, 6.07) is 14.0. The average molecular weight is 503 g/mol. The molecule has 1 saturated heterocycles. The van der Waals surface area contributed by atoms with Crippen molar-refractivity contribution in [3.05, 3.63) is 81.4 Å². The van der Waals surface area contributed by atoms with Gasteiger partial charge in [-0.2, -0.15) is 0 Å². The molecule has 1 aliphatic heterocycles. The van der Waals surface area contributed by atoms with E-state index in [9.17, 15) is 0 Å². The molecule has 1 aliphatic rings. The number of hydrogen-bond acceptors (Lipinski definition) is 3. The number of nitrogens with zero attached hydrogens (tertiary/aromatic N) is 4. The van der Waals surface area contributed by atoms with E-state index in [1.54, 1.807) is 0 Å². The third-order valence-electron chi connectivity index (χ3n) is 6.16. The van der Waals surface area contributed by atoms with E-state index in [1.807, 2.05) is 36.5 Å². The van der Waals surface area contributed by atoms with E-state index in [1.165, 1.54) is 5.56 Å². The molecule has 8 heteroatoms. The smallest absolute Gasteiger partial charge is 0.170 e. The molecule has 33 heavy (non-hydrogen) atoms. The molecule has 0 aliphatic carbocycles. The normalized spacial score (nSPS) is 18.3. The summed E-state index contributed by atoms with van der Waals surface area (Å²) in [5.41, 5.74) is 5.28. The van der Waals surface area contributed by atoms with Crippen LogP contribution in [-0.4, -0.2) is 51.6 Å². The third-order valence-corrected chi connectivity index (χ3v) is 7.32. The van der Waals surface area contributed by atoms with Crippen molar-refractivity contribution in [1.29, 1.82) is 0 Å². The van der Waals surface area contributed by atoms with Crippen molar-refractivity contribution < 1.29 is 0 Å². The van der Waals surface area contributed by atoms with Crippen LogP contribution in [0.3, 0.4) is 0 Å². The third kappa shape index (κ3) is 4.76. The first kappa shape index (κ1) is 24.0. The van der Waals surface area contributed by atoms with Crippen LogP contribution in [0.4, 0.5) is 0 Å². The van der Waals surface area contributed by atoms with Gasteiger partial charge in [0.15, 0.2) is 5.11 Å². The van der Waals surface area contributed by atoms with Gasteiger partial charge in [-0.1, -0.05) is 35.3 Å². The first-order chi connectivity index (χ1) is 15.8. The lowest BCUT2D eigenvalue weighted by Crippen LogP contribution is -2.32. The highest BCUT2D eigenvalue weighted by Gasteiger charge is 2.41. The van der Waals surface area contributed by atoms with Gasteiger partial charge < -0.3 is 19.7 Å². The van der Waals surface area contributed by atoms with E-state index in [-0.39, 0.29) is 12.1 Å². The first-order valence-corrected chi connectivity index (χ1v) is 12.2. The molecule has 4 rings (SSSR count). The van der Waals surface area contributed by atoms with Gasteiger partial charge in [0.25, 0.3) is 0 Å². The van der Waals surface area contributed by atoms with E-state index >= 15 is 0 Å². The zero-order valence-electron chi connectivity index (χ0n) is 19.3. The van der Waals surface area contributed by atoms with Crippen LogP contribution in [0.1, 0.15) is 41.1 Å². The Hall–Kier alpha value is -2.12. The molecule has 2 atom stereocenters. The molecular formula is C25H29Cl2N5S. The Labute approximate surface area is 211 Å². The number of thiocarbonyl (C=S) groups is 1. The van der Waals surface area contributed by atoms with Crippen LogP contribution in [0.5, 0.6) is 0 Å². The summed E-state index contributed by atoms with van der Waals surface area (Å²) in [6.45, 7) is 6.09. The number of rotatable bonds is 7. The summed E-state index contributed by atoms with van der Waals surface area (Å²) in [5, 5.41) is 5.41. The van der Waals surface area contributed by atoms with E-state index in [0.717, 1.165) is 47.4 Å². The molecule has 0 saturated carbocycles. The zero-order chi connectivity index (χ0) is 23.7. The molecule has 0 unspecified atom stereocenters. The van der Waals surface area contributed by atoms with Crippen molar-refractivity contribution in [3.8, 4) is 5.69 Å². The summed E-state index contributed by atoms with van der Waals surface area (Å²) in [6.07, 6.45) is 2.85. The molecule has 174 valence electrons. The van der Waals surface area contributed by atoms with Crippen molar-refractivity contribution in [2.24, 2.45) is 0 Å². The summed E-state index contributed by atoms with van der Waals surface area (Å²) in [7, 11) is 4.19. The number of pyridine rings is 1. The second kappa shape index (κ2) is 10.0. The van der Waals surface area contributed by atoms with Gasteiger partial charge in [-0.25, -0.2) is 0 Å². The molecule has 3 heterocycles. The minimum Gasteiger partial charge on any atom is -0.352 e. The molecule has 3 aromatic rings. The number of hydrogen-bond donors (Lipinski definition) is 1.